The maximum absolute atomic E-state index is 15.1. The highest BCUT2D eigenvalue weighted by Gasteiger charge is 2.23. The minimum Gasteiger partial charge on any atom is -0.322 e. The van der Waals surface area contributed by atoms with Gasteiger partial charge in [0.2, 0.25) is 0 Å². The molecule has 180 valence electrons. The highest BCUT2D eigenvalue weighted by Crippen LogP contribution is 2.25. The molecule has 2 N–H and O–H groups in total. The zero-order valence-corrected chi connectivity index (χ0v) is 19.3. The first-order valence-corrected chi connectivity index (χ1v) is 11.0. The van der Waals surface area contributed by atoms with Crippen molar-refractivity contribution < 1.29 is 13.2 Å². The molecule has 1 heterocycles. The van der Waals surface area contributed by atoms with Gasteiger partial charge >= 0.3 is 5.69 Å². The van der Waals surface area contributed by atoms with Crippen LogP contribution in [0.5, 0.6) is 0 Å². The molecule has 3 aromatic carbocycles. The quantitative estimate of drug-likeness (QED) is 0.444. The third-order valence-corrected chi connectivity index (χ3v) is 6.13. The summed E-state index contributed by atoms with van der Waals surface area (Å²) in [5, 5.41) is 0. The summed E-state index contributed by atoms with van der Waals surface area (Å²) in [5.41, 5.74) is 5.46. The van der Waals surface area contributed by atoms with Gasteiger partial charge in [-0.25, -0.2) is 18.0 Å². The van der Waals surface area contributed by atoms with Crippen molar-refractivity contribution in [1.29, 1.82) is 0 Å². The summed E-state index contributed by atoms with van der Waals surface area (Å²) >= 11 is 0. The molecule has 0 saturated carbocycles. The van der Waals surface area contributed by atoms with E-state index < -0.39 is 41.3 Å². The fourth-order valence-electron chi connectivity index (χ4n) is 4.14. The van der Waals surface area contributed by atoms with E-state index in [2.05, 4.69) is 0 Å². The lowest BCUT2D eigenvalue weighted by molar-refractivity contribution is 0.493. The van der Waals surface area contributed by atoms with Gasteiger partial charge in [0.1, 0.15) is 17.5 Å². The molecule has 0 aliphatic rings. The van der Waals surface area contributed by atoms with Crippen LogP contribution >= 0.6 is 0 Å². The summed E-state index contributed by atoms with van der Waals surface area (Å²) in [6.07, 6.45) is 0. The Kier molecular flexibility index (Phi) is 6.75. The van der Waals surface area contributed by atoms with E-state index in [9.17, 15) is 18.4 Å². The minimum atomic E-state index is -0.835. The van der Waals surface area contributed by atoms with Crippen molar-refractivity contribution in [3.63, 3.8) is 0 Å². The van der Waals surface area contributed by atoms with Gasteiger partial charge in [0.25, 0.3) is 5.56 Å². The molecule has 1 atom stereocenters. The summed E-state index contributed by atoms with van der Waals surface area (Å²) < 4.78 is 46.0. The SMILES string of the molecule is Cc1cccc(-c2c(C)n(Cc3c(F)cccc3F)c(=O)n(C[C@H](N)c3ccccc3)c2=O)c1F. The summed E-state index contributed by atoms with van der Waals surface area (Å²) in [5.74, 6) is -2.29. The Hall–Kier alpha value is -3.91. The number of nitrogens with two attached hydrogens (primary N) is 1. The van der Waals surface area contributed by atoms with Gasteiger partial charge in [-0.2, -0.15) is 0 Å². The van der Waals surface area contributed by atoms with Crippen LogP contribution in [-0.4, -0.2) is 9.13 Å². The molecule has 0 fully saturated rings. The maximum Gasteiger partial charge on any atom is 0.331 e. The van der Waals surface area contributed by atoms with E-state index in [-0.39, 0.29) is 28.9 Å². The first-order chi connectivity index (χ1) is 16.7. The summed E-state index contributed by atoms with van der Waals surface area (Å²) in [7, 11) is 0. The zero-order chi connectivity index (χ0) is 25.3. The van der Waals surface area contributed by atoms with Gasteiger partial charge in [-0.15, -0.1) is 0 Å². The Balaban J connectivity index is 1.97. The maximum atomic E-state index is 15.1. The molecule has 0 bridgehead atoms. The molecule has 0 aliphatic carbocycles. The van der Waals surface area contributed by atoms with Gasteiger partial charge in [-0.1, -0.05) is 54.6 Å². The molecule has 1 aromatic heterocycles. The van der Waals surface area contributed by atoms with Crippen molar-refractivity contribution in [2.24, 2.45) is 5.73 Å². The normalized spacial score (nSPS) is 12.1. The number of nitrogens with zero attached hydrogens (tertiary/aromatic N) is 2. The summed E-state index contributed by atoms with van der Waals surface area (Å²) in [6, 6.07) is 16.1. The van der Waals surface area contributed by atoms with Crippen LogP contribution in [-0.2, 0) is 13.1 Å². The Morgan fingerprint density at radius 1 is 0.829 bits per heavy atom. The molecule has 35 heavy (non-hydrogen) atoms. The molecule has 4 rings (SSSR count). The van der Waals surface area contributed by atoms with E-state index in [0.29, 0.717) is 11.1 Å². The third kappa shape index (κ3) is 4.57. The summed E-state index contributed by atoms with van der Waals surface area (Å²) in [4.78, 5) is 27.0. The topological polar surface area (TPSA) is 70.0 Å². The highest BCUT2D eigenvalue weighted by atomic mass is 19.1. The molecule has 5 nitrogen and oxygen atoms in total. The van der Waals surface area contributed by atoms with E-state index in [0.717, 1.165) is 21.3 Å². The lowest BCUT2D eigenvalue weighted by Crippen LogP contribution is -2.44. The lowest BCUT2D eigenvalue weighted by Gasteiger charge is -2.20. The Morgan fingerprint density at radius 3 is 2.11 bits per heavy atom. The van der Waals surface area contributed by atoms with Crippen molar-refractivity contribution >= 4 is 0 Å². The van der Waals surface area contributed by atoms with Gasteiger partial charge in [0, 0.05) is 22.9 Å². The molecular formula is C27H24F3N3O2. The van der Waals surface area contributed by atoms with Crippen LogP contribution in [0.3, 0.4) is 0 Å². The van der Waals surface area contributed by atoms with Crippen LogP contribution in [0.1, 0.15) is 28.4 Å². The van der Waals surface area contributed by atoms with E-state index in [1.165, 1.54) is 19.1 Å². The van der Waals surface area contributed by atoms with Gasteiger partial charge in [0.05, 0.1) is 18.7 Å². The van der Waals surface area contributed by atoms with E-state index in [4.69, 9.17) is 5.73 Å². The van der Waals surface area contributed by atoms with Gasteiger partial charge in [0.15, 0.2) is 0 Å². The van der Waals surface area contributed by atoms with Crippen molar-refractivity contribution in [2.45, 2.75) is 33.0 Å². The van der Waals surface area contributed by atoms with Crippen LogP contribution in [0.15, 0.2) is 76.3 Å². The van der Waals surface area contributed by atoms with Crippen LogP contribution in [0.25, 0.3) is 11.1 Å². The fraction of sp³-hybridized carbons (Fsp3) is 0.185. The molecule has 0 amide bonds. The first-order valence-electron chi connectivity index (χ1n) is 11.0. The molecule has 0 aliphatic heterocycles. The fourth-order valence-corrected chi connectivity index (χ4v) is 4.14. The van der Waals surface area contributed by atoms with Gasteiger partial charge in [-0.3, -0.25) is 13.9 Å². The Labute approximate surface area is 199 Å². The highest BCUT2D eigenvalue weighted by molar-refractivity contribution is 5.66. The van der Waals surface area contributed by atoms with Gasteiger partial charge in [-0.05, 0) is 37.1 Å². The second-order valence-electron chi connectivity index (χ2n) is 8.40. The average Bonchev–Trinajstić information content (AvgIpc) is 2.84. The van der Waals surface area contributed by atoms with Crippen LogP contribution < -0.4 is 17.0 Å². The lowest BCUT2D eigenvalue weighted by atomic mass is 10.0. The van der Waals surface area contributed by atoms with Crippen molar-refractivity contribution in [2.75, 3.05) is 0 Å². The average molecular weight is 480 g/mol. The summed E-state index contributed by atoms with van der Waals surface area (Å²) in [6.45, 7) is 2.33. The first kappa shape index (κ1) is 24.2. The largest absolute Gasteiger partial charge is 0.331 e. The number of aryl methyl sites for hydroxylation is 1. The van der Waals surface area contributed by atoms with E-state index >= 15 is 4.39 Å². The van der Waals surface area contributed by atoms with E-state index in [1.807, 2.05) is 6.07 Å². The third-order valence-electron chi connectivity index (χ3n) is 6.13. The molecule has 0 saturated heterocycles. The minimum absolute atomic E-state index is 0.00251. The van der Waals surface area contributed by atoms with Crippen LogP contribution in [0.4, 0.5) is 13.2 Å². The molecule has 4 aromatic rings. The second-order valence-corrected chi connectivity index (χ2v) is 8.40. The standard InChI is InChI=1S/C27H24F3N3O2/c1-16-8-6-11-19(25(16)30)24-17(2)32(14-20-21(28)12-7-13-22(20)29)27(35)33(26(24)34)15-23(31)18-9-4-3-5-10-18/h3-13,23H,14-15,31H2,1-2H3/t23-/m0/s1. The van der Waals surface area contributed by atoms with Crippen molar-refractivity contribution in [3.8, 4) is 11.1 Å². The smallest absolute Gasteiger partial charge is 0.322 e. The molecule has 0 unspecified atom stereocenters. The van der Waals surface area contributed by atoms with Crippen molar-refractivity contribution in [3.05, 3.63) is 127 Å². The number of hydrogen-bond donors (Lipinski definition) is 1. The number of hydrogen-bond acceptors (Lipinski definition) is 3. The van der Waals surface area contributed by atoms with Crippen LogP contribution in [0, 0.1) is 31.3 Å². The predicted molar refractivity (Wildman–Crippen MR) is 129 cm³/mol. The predicted octanol–water partition coefficient (Wildman–Crippen LogP) is 4.46. The zero-order valence-electron chi connectivity index (χ0n) is 19.3. The second kappa shape index (κ2) is 9.76. The molecule has 0 spiro atoms. The van der Waals surface area contributed by atoms with Crippen molar-refractivity contribution in [1.82, 2.24) is 9.13 Å². The monoisotopic (exact) mass is 479 g/mol. The molecular weight excluding hydrogens is 455 g/mol. The number of benzene rings is 3. The molecule has 8 heteroatoms. The van der Waals surface area contributed by atoms with Gasteiger partial charge < -0.3 is 5.73 Å². The number of halogens is 3. The van der Waals surface area contributed by atoms with E-state index in [1.54, 1.807) is 43.3 Å². The van der Waals surface area contributed by atoms with Crippen LogP contribution in [0.2, 0.25) is 0 Å². The molecule has 0 radical (unpaired) electrons. The Morgan fingerprint density at radius 2 is 1.46 bits per heavy atom. The number of rotatable bonds is 6. The Bertz CT molecular complexity index is 1490. The number of aromatic nitrogens is 2.